The molecule has 0 aliphatic heterocycles. The van der Waals surface area contributed by atoms with Gasteiger partial charge < -0.3 is 0 Å². The summed E-state index contributed by atoms with van der Waals surface area (Å²) in [4.78, 5) is 26.3. The van der Waals surface area contributed by atoms with Crippen molar-refractivity contribution < 1.29 is 23.2 Å². The fourth-order valence-corrected chi connectivity index (χ4v) is 7.34. The SMILES string of the molecule is CC(C)C[C@@H](C(=O)NN)[C@@H](C(=O)NO)C(/C=C/c1ccccc1)(C1CCCCCC1)S(C)(=O)=O. The molecule has 3 atom stereocenters. The molecule has 190 valence electrons. The van der Waals surface area contributed by atoms with E-state index in [9.17, 15) is 23.2 Å². The number of carbonyl (C=O) groups is 2. The number of hydroxylamine groups is 1. The van der Waals surface area contributed by atoms with Crippen molar-refractivity contribution in [2.75, 3.05) is 6.26 Å². The number of hydrogen-bond acceptors (Lipinski definition) is 6. The summed E-state index contributed by atoms with van der Waals surface area (Å²) in [5.74, 6) is 1.09. The minimum atomic E-state index is -3.97. The van der Waals surface area contributed by atoms with E-state index in [-0.39, 0.29) is 12.3 Å². The smallest absolute Gasteiger partial charge is 0.249 e. The zero-order chi connectivity index (χ0) is 25.4. The van der Waals surface area contributed by atoms with Crippen LogP contribution in [-0.2, 0) is 19.4 Å². The highest BCUT2D eigenvalue weighted by molar-refractivity contribution is 7.92. The second kappa shape index (κ2) is 12.5. The van der Waals surface area contributed by atoms with Gasteiger partial charge in [-0.05, 0) is 36.7 Å². The molecule has 0 radical (unpaired) electrons. The van der Waals surface area contributed by atoms with Crippen molar-refractivity contribution in [1.29, 1.82) is 0 Å². The van der Waals surface area contributed by atoms with Crippen molar-refractivity contribution >= 4 is 27.7 Å². The molecule has 0 saturated heterocycles. The van der Waals surface area contributed by atoms with Gasteiger partial charge >= 0.3 is 0 Å². The van der Waals surface area contributed by atoms with E-state index in [1.54, 1.807) is 17.6 Å². The third-order valence-corrected chi connectivity index (χ3v) is 8.96. The first-order valence-corrected chi connectivity index (χ1v) is 13.9. The van der Waals surface area contributed by atoms with E-state index in [2.05, 4.69) is 5.43 Å². The molecule has 0 heterocycles. The monoisotopic (exact) mass is 493 g/mol. The maximum Gasteiger partial charge on any atom is 0.249 e. The van der Waals surface area contributed by atoms with Crippen molar-refractivity contribution in [2.45, 2.75) is 63.5 Å². The first-order chi connectivity index (χ1) is 16.1. The van der Waals surface area contributed by atoms with Crippen LogP contribution in [0.25, 0.3) is 6.08 Å². The maximum atomic E-state index is 13.8. The third-order valence-electron chi connectivity index (χ3n) is 6.96. The number of carbonyl (C=O) groups excluding carboxylic acids is 2. The number of nitrogens with two attached hydrogens (primary N) is 1. The predicted molar refractivity (Wildman–Crippen MR) is 133 cm³/mol. The van der Waals surface area contributed by atoms with Gasteiger partial charge in [-0.15, -0.1) is 0 Å². The van der Waals surface area contributed by atoms with Gasteiger partial charge in [0.25, 0.3) is 0 Å². The van der Waals surface area contributed by atoms with E-state index in [1.165, 1.54) is 0 Å². The first-order valence-electron chi connectivity index (χ1n) is 12.0. The minimum absolute atomic E-state index is 0.0270. The molecular formula is C25H39N3O5S. The summed E-state index contributed by atoms with van der Waals surface area (Å²) in [7, 11) is -3.97. The van der Waals surface area contributed by atoms with Crippen molar-refractivity contribution in [3.8, 4) is 0 Å². The molecule has 1 fully saturated rings. The van der Waals surface area contributed by atoms with Crippen molar-refractivity contribution in [2.24, 2.45) is 29.5 Å². The topological polar surface area (TPSA) is 139 Å². The molecule has 5 N–H and O–H groups in total. The Kier molecular flexibility index (Phi) is 10.3. The summed E-state index contributed by atoms with van der Waals surface area (Å²) in [6.45, 7) is 3.77. The van der Waals surface area contributed by atoms with Gasteiger partial charge in [0.1, 0.15) is 4.75 Å². The number of rotatable bonds is 10. The Morgan fingerprint density at radius 2 is 1.71 bits per heavy atom. The van der Waals surface area contributed by atoms with Gasteiger partial charge in [0.05, 0.1) is 11.8 Å². The zero-order valence-corrected chi connectivity index (χ0v) is 21.2. The molecule has 0 aromatic heterocycles. The van der Waals surface area contributed by atoms with E-state index in [0.29, 0.717) is 12.8 Å². The Bertz CT molecular complexity index is 941. The number of hydrazine groups is 1. The van der Waals surface area contributed by atoms with Crippen LogP contribution >= 0.6 is 0 Å². The summed E-state index contributed by atoms with van der Waals surface area (Å²) in [6, 6.07) is 9.23. The molecule has 1 saturated carbocycles. The van der Waals surface area contributed by atoms with Crippen LogP contribution in [0.2, 0.25) is 0 Å². The number of sulfone groups is 1. The number of benzene rings is 1. The lowest BCUT2D eigenvalue weighted by atomic mass is 9.68. The molecule has 1 aromatic carbocycles. The second-order valence-corrected chi connectivity index (χ2v) is 12.0. The van der Waals surface area contributed by atoms with Gasteiger partial charge in [0, 0.05) is 6.26 Å². The van der Waals surface area contributed by atoms with Crippen LogP contribution in [0.15, 0.2) is 36.4 Å². The first kappa shape index (κ1) is 28.0. The van der Waals surface area contributed by atoms with Gasteiger partial charge in [-0.2, -0.15) is 0 Å². The summed E-state index contributed by atoms with van der Waals surface area (Å²) >= 11 is 0. The number of hydrogen-bond donors (Lipinski definition) is 4. The quantitative estimate of drug-likeness (QED) is 0.130. The van der Waals surface area contributed by atoms with Crippen molar-refractivity contribution in [3.63, 3.8) is 0 Å². The Morgan fingerprint density at radius 3 is 2.18 bits per heavy atom. The largest absolute Gasteiger partial charge is 0.294 e. The molecule has 1 aliphatic carbocycles. The lowest BCUT2D eigenvalue weighted by Crippen LogP contribution is -2.60. The molecule has 8 nitrogen and oxygen atoms in total. The van der Waals surface area contributed by atoms with Gasteiger partial charge in [0.15, 0.2) is 9.84 Å². The predicted octanol–water partition coefficient (Wildman–Crippen LogP) is 3.23. The van der Waals surface area contributed by atoms with E-state index < -0.39 is 44.2 Å². The van der Waals surface area contributed by atoms with Crippen molar-refractivity contribution in [3.05, 3.63) is 42.0 Å². The Balaban J connectivity index is 2.87. The van der Waals surface area contributed by atoms with Crippen molar-refractivity contribution in [1.82, 2.24) is 10.9 Å². The Morgan fingerprint density at radius 1 is 1.12 bits per heavy atom. The van der Waals surface area contributed by atoms with Crippen LogP contribution in [0.1, 0.15) is 64.4 Å². The fraction of sp³-hybridized carbons (Fsp3) is 0.600. The van der Waals surface area contributed by atoms with Crippen LogP contribution in [0.3, 0.4) is 0 Å². The van der Waals surface area contributed by atoms with E-state index >= 15 is 0 Å². The van der Waals surface area contributed by atoms with E-state index in [0.717, 1.165) is 37.5 Å². The summed E-state index contributed by atoms with van der Waals surface area (Å²) in [5, 5.41) is 9.73. The highest BCUT2D eigenvalue weighted by Crippen LogP contribution is 2.47. The van der Waals surface area contributed by atoms with Gasteiger partial charge in [-0.3, -0.25) is 20.2 Å². The highest BCUT2D eigenvalue weighted by Gasteiger charge is 2.58. The molecule has 1 aromatic rings. The molecule has 0 bridgehead atoms. The van der Waals surface area contributed by atoms with Crippen LogP contribution in [0.5, 0.6) is 0 Å². The summed E-state index contributed by atoms with van der Waals surface area (Å²) in [6.07, 6.45) is 9.45. The molecule has 1 aliphatic rings. The molecule has 0 spiro atoms. The average molecular weight is 494 g/mol. The van der Waals surface area contributed by atoms with Crippen LogP contribution < -0.4 is 16.7 Å². The molecule has 2 amide bonds. The summed E-state index contributed by atoms with van der Waals surface area (Å²) < 4.78 is 25.8. The second-order valence-electron chi connectivity index (χ2n) is 9.76. The fourth-order valence-electron chi connectivity index (χ4n) is 5.45. The molecule has 34 heavy (non-hydrogen) atoms. The third kappa shape index (κ3) is 6.46. The molecular weight excluding hydrogens is 454 g/mol. The van der Waals surface area contributed by atoms with Gasteiger partial charge in [-0.25, -0.2) is 19.7 Å². The van der Waals surface area contributed by atoms with Gasteiger partial charge in [-0.1, -0.05) is 82.0 Å². The lowest BCUT2D eigenvalue weighted by molar-refractivity contribution is -0.142. The van der Waals surface area contributed by atoms with Crippen LogP contribution in [0.4, 0.5) is 0 Å². The maximum absolute atomic E-state index is 13.8. The normalized spacial score (nSPS) is 19.2. The number of nitrogens with one attached hydrogen (secondary N) is 2. The van der Waals surface area contributed by atoms with Crippen LogP contribution in [0, 0.1) is 23.7 Å². The summed E-state index contributed by atoms with van der Waals surface area (Å²) in [5.41, 5.74) is 4.57. The standard InChI is InChI=1S/C25H39N3O5S/c1-18(2)17-21(23(29)27-26)22(24(30)28-31)25(34(3,32)33,20-13-9-4-5-10-14-20)16-15-19-11-7-6-8-12-19/h6-8,11-12,15-16,18,20-22,31H,4-5,9-10,13-14,17,26H2,1-3H3,(H,27,29)(H,28,30)/b16-15+/t21-,22+,25?/m1/s1. The van der Waals surface area contributed by atoms with Gasteiger partial charge in [0.2, 0.25) is 11.8 Å². The molecule has 9 heteroatoms. The molecule has 2 rings (SSSR count). The highest BCUT2D eigenvalue weighted by atomic mass is 32.2. The Labute approximate surface area is 203 Å². The lowest BCUT2D eigenvalue weighted by Gasteiger charge is -2.44. The average Bonchev–Trinajstić information content (AvgIpc) is 3.09. The van der Waals surface area contributed by atoms with E-state index in [1.807, 2.05) is 44.2 Å². The Hall–Kier alpha value is -2.23. The van der Waals surface area contributed by atoms with E-state index in [4.69, 9.17) is 5.84 Å². The molecule has 1 unspecified atom stereocenters. The zero-order valence-electron chi connectivity index (χ0n) is 20.4. The van der Waals surface area contributed by atoms with Crippen LogP contribution in [-0.4, -0.2) is 36.4 Å². The number of amides is 2. The minimum Gasteiger partial charge on any atom is -0.294 e.